The minimum atomic E-state index is -0.115. The fourth-order valence-electron chi connectivity index (χ4n) is 4.78. The molecule has 4 fully saturated rings. The number of piperidine rings is 1. The van der Waals surface area contributed by atoms with Crippen molar-refractivity contribution < 1.29 is 14.3 Å². The Balaban J connectivity index is 1.53. The Morgan fingerprint density at radius 2 is 2.00 bits per heavy atom. The second kappa shape index (κ2) is 3.97. The van der Waals surface area contributed by atoms with Crippen LogP contribution in [0.5, 0.6) is 0 Å². The van der Waals surface area contributed by atoms with Gasteiger partial charge in [-0.3, -0.25) is 9.59 Å². The lowest BCUT2D eigenvalue weighted by Gasteiger charge is -2.35. The van der Waals surface area contributed by atoms with Gasteiger partial charge in [-0.15, -0.1) is 0 Å². The number of carbonyl (C=O) groups excluding carboxylic acids is 2. The molecule has 5 atom stereocenters. The fraction of sp³-hybridized carbons (Fsp3) is 0.867. The molecule has 4 heteroatoms. The summed E-state index contributed by atoms with van der Waals surface area (Å²) in [5.74, 6) is 1.43. The van der Waals surface area contributed by atoms with Gasteiger partial charge in [0.1, 0.15) is 6.10 Å². The third kappa shape index (κ3) is 1.58. The van der Waals surface area contributed by atoms with Crippen molar-refractivity contribution >= 4 is 11.9 Å². The average Bonchev–Trinajstić information content (AvgIpc) is 2.99. The maximum absolute atomic E-state index is 12.7. The number of rotatable bonds is 1. The van der Waals surface area contributed by atoms with Gasteiger partial charge in [0.15, 0.2) is 0 Å². The number of hydrogen-bond acceptors (Lipinski definition) is 3. The predicted molar refractivity (Wildman–Crippen MR) is 68.1 cm³/mol. The van der Waals surface area contributed by atoms with Gasteiger partial charge in [-0.1, -0.05) is 6.92 Å². The summed E-state index contributed by atoms with van der Waals surface area (Å²) >= 11 is 0. The van der Waals surface area contributed by atoms with E-state index >= 15 is 0 Å². The van der Waals surface area contributed by atoms with Crippen LogP contribution < -0.4 is 0 Å². The Bertz CT molecular complexity index is 425. The average molecular weight is 263 g/mol. The summed E-state index contributed by atoms with van der Waals surface area (Å²) in [6.07, 6.45) is 4.29. The number of amides is 1. The van der Waals surface area contributed by atoms with E-state index in [1.54, 1.807) is 0 Å². The van der Waals surface area contributed by atoms with Crippen molar-refractivity contribution in [1.29, 1.82) is 0 Å². The highest BCUT2D eigenvalue weighted by Gasteiger charge is 2.64. The Hall–Kier alpha value is -1.06. The molecule has 4 aliphatic rings. The zero-order valence-electron chi connectivity index (χ0n) is 11.4. The smallest absolute Gasteiger partial charge is 0.310 e. The molecule has 0 aromatic carbocycles. The number of nitrogens with zero attached hydrogens (tertiary/aromatic N) is 1. The molecule has 2 aliphatic carbocycles. The second-order valence-electron chi connectivity index (χ2n) is 6.93. The van der Waals surface area contributed by atoms with Crippen molar-refractivity contribution in [2.24, 2.45) is 29.6 Å². The van der Waals surface area contributed by atoms with Gasteiger partial charge in [0.05, 0.1) is 11.8 Å². The van der Waals surface area contributed by atoms with E-state index in [1.807, 2.05) is 4.90 Å². The first-order valence-electron chi connectivity index (χ1n) is 7.64. The molecule has 2 aliphatic heterocycles. The normalized spacial score (nSPS) is 44.8. The number of likely N-dealkylation sites (tertiary alicyclic amines) is 1. The summed E-state index contributed by atoms with van der Waals surface area (Å²) in [5, 5.41) is 0. The monoisotopic (exact) mass is 263 g/mol. The molecule has 0 N–H and O–H groups in total. The van der Waals surface area contributed by atoms with Gasteiger partial charge in [-0.05, 0) is 37.5 Å². The molecule has 1 amide bonds. The van der Waals surface area contributed by atoms with Crippen molar-refractivity contribution in [2.45, 2.75) is 38.7 Å². The molecule has 104 valence electrons. The molecule has 2 heterocycles. The van der Waals surface area contributed by atoms with Crippen molar-refractivity contribution in [3.8, 4) is 0 Å². The van der Waals surface area contributed by atoms with Crippen LogP contribution in [-0.4, -0.2) is 36.0 Å². The predicted octanol–water partition coefficient (Wildman–Crippen LogP) is 1.44. The zero-order valence-corrected chi connectivity index (χ0v) is 11.4. The number of carbonyl (C=O) groups is 2. The molecule has 0 aromatic heterocycles. The van der Waals surface area contributed by atoms with Crippen LogP contribution in [0.4, 0.5) is 0 Å². The van der Waals surface area contributed by atoms with Gasteiger partial charge < -0.3 is 9.64 Å². The number of ether oxygens (including phenoxy) is 1. The first-order chi connectivity index (χ1) is 9.15. The Morgan fingerprint density at radius 1 is 1.26 bits per heavy atom. The summed E-state index contributed by atoms with van der Waals surface area (Å²) in [7, 11) is 0. The van der Waals surface area contributed by atoms with E-state index in [0.717, 1.165) is 44.7 Å². The quantitative estimate of drug-likeness (QED) is 0.673. The van der Waals surface area contributed by atoms with Crippen LogP contribution in [0, 0.1) is 29.6 Å². The van der Waals surface area contributed by atoms with Crippen LogP contribution in [-0.2, 0) is 14.3 Å². The summed E-state index contributed by atoms with van der Waals surface area (Å²) in [4.78, 5) is 26.7. The Morgan fingerprint density at radius 3 is 2.74 bits per heavy atom. The minimum Gasteiger partial charge on any atom is -0.462 e. The van der Waals surface area contributed by atoms with Gasteiger partial charge >= 0.3 is 5.97 Å². The Labute approximate surface area is 113 Å². The van der Waals surface area contributed by atoms with E-state index < -0.39 is 0 Å². The molecule has 2 saturated heterocycles. The summed E-state index contributed by atoms with van der Waals surface area (Å²) in [6, 6.07) is 0. The van der Waals surface area contributed by atoms with E-state index in [1.165, 1.54) is 0 Å². The molecule has 0 radical (unpaired) electrons. The molecule has 0 unspecified atom stereocenters. The standard InChI is InChI=1S/C15H21NO3/c1-8-2-4-16(5-3-8)14(17)12-9-6-10-11(7-9)19-15(18)13(10)12/h8-13H,2-7H2,1H3/t9-,10+,11-,12+,13-/m1/s1. The summed E-state index contributed by atoms with van der Waals surface area (Å²) in [6.45, 7) is 4.00. The van der Waals surface area contributed by atoms with E-state index in [-0.39, 0.29) is 29.8 Å². The third-order valence-electron chi connectivity index (χ3n) is 5.86. The summed E-state index contributed by atoms with van der Waals surface area (Å²) < 4.78 is 5.41. The van der Waals surface area contributed by atoms with E-state index in [4.69, 9.17) is 4.74 Å². The molecule has 4 nitrogen and oxygen atoms in total. The maximum Gasteiger partial charge on any atom is 0.310 e. The molecule has 0 spiro atoms. The van der Waals surface area contributed by atoms with E-state index in [0.29, 0.717) is 11.8 Å². The highest BCUT2D eigenvalue weighted by atomic mass is 16.6. The van der Waals surface area contributed by atoms with Crippen LogP contribution in [0.3, 0.4) is 0 Å². The van der Waals surface area contributed by atoms with Crippen molar-refractivity contribution in [2.75, 3.05) is 13.1 Å². The minimum absolute atomic E-state index is 0.0651. The lowest BCUT2D eigenvalue weighted by Crippen LogP contribution is -2.45. The molecular weight excluding hydrogens is 242 g/mol. The van der Waals surface area contributed by atoms with Crippen LogP contribution in [0.15, 0.2) is 0 Å². The van der Waals surface area contributed by atoms with Crippen molar-refractivity contribution in [3.05, 3.63) is 0 Å². The van der Waals surface area contributed by atoms with Gasteiger partial charge in [0.2, 0.25) is 5.91 Å². The number of esters is 1. The maximum atomic E-state index is 12.7. The lowest BCUT2D eigenvalue weighted by molar-refractivity contribution is -0.148. The molecule has 2 saturated carbocycles. The fourth-order valence-corrected chi connectivity index (χ4v) is 4.78. The van der Waals surface area contributed by atoms with E-state index in [2.05, 4.69) is 6.92 Å². The van der Waals surface area contributed by atoms with E-state index in [9.17, 15) is 9.59 Å². The summed E-state index contributed by atoms with van der Waals surface area (Å²) in [5.41, 5.74) is 0. The largest absolute Gasteiger partial charge is 0.462 e. The zero-order chi connectivity index (χ0) is 13.1. The second-order valence-corrected chi connectivity index (χ2v) is 6.93. The Kier molecular flexibility index (Phi) is 2.45. The van der Waals surface area contributed by atoms with Crippen molar-refractivity contribution in [3.63, 3.8) is 0 Å². The molecule has 19 heavy (non-hydrogen) atoms. The number of hydrogen-bond donors (Lipinski definition) is 0. The van der Waals surface area contributed by atoms with Gasteiger partial charge in [0.25, 0.3) is 0 Å². The van der Waals surface area contributed by atoms with Crippen LogP contribution >= 0.6 is 0 Å². The highest BCUT2D eigenvalue weighted by molar-refractivity contribution is 5.88. The van der Waals surface area contributed by atoms with Crippen LogP contribution in [0.25, 0.3) is 0 Å². The topological polar surface area (TPSA) is 46.6 Å². The molecular formula is C15H21NO3. The SMILES string of the molecule is CC1CCN(C(=O)[C@H]2[C@@H]3C[C@@H]4[C@H]2C(=O)O[C@@H]4C3)CC1. The van der Waals surface area contributed by atoms with Gasteiger partial charge in [-0.25, -0.2) is 0 Å². The van der Waals surface area contributed by atoms with Gasteiger partial charge in [-0.2, -0.15) is 0 Å². The van der Waals surface area contributed by atoms with Crippen LogP contribution in [0.1, 0.15) is 32.6 Å². The molecule has 2 bridgehead atoms. The molecule has 4 rings (SSSR count). The van der Waals surface area contributed by atoms with Crippen LogP contribution in [0.2, 0.25) is 0 Å². The highest BCUT2D eigenvalue weighted by Crippen LogP contribution is 2.58. The first-order valence-corrected chi connectivity index (χ1v) is 7.64. The van der Waals surface area contributed by atoms with Crippen molar-refractivity contribution in [1.82, 2.24) is 4.90 Å². The molecule has 0 aromatic rings. The van der Waals surface area contributed by atoms with Gasteiger partial charge in [0, 0.05) is 19.0 Å². The number of fused-ring (bicyclic) bond motifs is 1. The third-order valence-corrected chi connectivity index (χ3v) is 5.86. The first kappa shape index (κ1) is 11.7. The lowest BCUT2D eigenvalue weighted by atomic mass is 9.79.